The molecule has 0 aliphatic carbocycles. The quantitative estimate of drug-likeness (QED) is 0.517. The highest BCUT2D eigenvalue weighted by Crippen LogP contribution is 2.14. The minimum absolute atomic E-state index is 0.282. The summed E-state index contributed by atoms with van der Waals surface area (Å²) in [5.41, 5.74) is -0.282. The summed E-state index contributed by atoms with van der Waals surface area (Å²) >= 11 is 0. The van der Waals surface area contributed by atoms with Crippen molar-refractivity contribution in [2.75, 3.05) is 0 Å². The number of allylic oxidation sites excluding steroid dienone is 2. The fourth-order valence-corrected chi connectivity index (χ4v) is 0.450. The van der Waals surface area contributed by atoms with Crippen LogP contribution in [0.1, 0.15) is 27.2 Å². The van der Waals surface area contributed by atoms with E-state index in [1.165, 1.54) is 0 Å². The molecule has 0 amide bonds. The molecule has 0 aromatic carbocycles. The summed E-state index contributed by atoms with van der Waals surface area (Å²) in [7, 11) is 0. The molecule has 50 valence electrons. The topological polar surface area (TPSA) is 23.8 Å². The second kappa shape index (κ2) is 3.29. The van der Waals surface area contributed by atoms with Gasteiger partial charge < -0.3 is 0 Å². The predicted octanol–water partition coefficient (Wildman–Crippen LogP) is 2.50. The first kappa shape index (κ1) is 8.23. The van der Waals surface area contributed by atoms with E-state index in [0.29, 0.717) is 0 Å². The average Bonchev–Trinajstić information content (AvgIpc) is 1.84. The zero-order valence-electron chi connectivity index (χ0n) is 6.31. The molecule has 0 heterocycles. The maximum absolute atomic E-state index is 8.52. The van der Waals surface area contributed by atoms with E-state index in [2.05, 4.69) is 13.0 Å². The molecular formula is C8H13N. The summed E-state index contributed by atoms with van der Waals surface area (Å²) in [6.45, 7) is 5.86. The number of nitrogens with zero attached hydrogens (tertiary/aromatic N) is 1. The molecule has 0 saturated carbocycles. The fourth-order valence-electron chi connectivity index (χ4n) is 0.450. The van der Waals surface area contributed by atoms with Crippen LogP contribution in [0.2, 0.25) is 0 Å². The van der Waals surface area contributed by atoms with E-state index < -0.39 is 0 Å². The molecule has 0 atom stereocenters. The van der Waals surface area contributed by atoms with Gasteiger partial charge in [-0.2, -0.15) is 5.26 Å². The molecule has 9 heavy (non-hydrogen) atoms. The van der Waals surface area contributed by atoms with E-state index in [9.17, 15) is 0 Å². The number of rotatable bonds is 2. The largest absolute Gasteiger partial charge is 0.197 e. The third-order valence-electron chi connectivity index (χ3n) is 1.06. The van der Waals surface area contributed by atoms with Crippen molar-refractivity contribution in [3.05, 3.63) is 12.2 Å². The summed E-state index contributed by atoms with van der Waals surface area (Å²) in [5, 5.41) is 8.52. The van der Waals surface area contributed by atoms with Gasteiger partial charge in [-0.05, 0) is 20.3 Å². The maximum atomic E-state index is 8.52. The van der Waals surface area contributed by atoms with Crippen LogP contribution in [-0.2, 0) is 0 Å². The molecule has 0 saturated heterocycles. The normalized spacial score (nSPS) is 11.8. The van der Waals surface area contributed by atoms with Gasteiger partial charge in [0.15, 0.2) is 0 Å². The van der Waals surface area contributed by atoms with Crippen molar-refractivity contribution in [3.8, 4) is 6.07 Å². The summed E-state index contributed by atoms with van der Waals surface area (Å²) in [6, 6.07) is 2.19. The molecule has 0 spiro atoms. The molecule has 0 radical (unpaired) electrons. The van der Waals surface area contributed by atoms with Crippen LogP contribution in [0, 0.1) is 16.7 Å². The Bertz CT molecular complexity index is 137. The molecule has 0 aromatic rings. The second-order valence-electron chi connectivity index (χ2n) is 2.64. The van der Waals surface area contributed by atoms with E-state index in [-0.39, 0.29) is 5.41 Å². The smallest absolute Gasteiger partial charge is 0.0725 e. The average molecular weight is 123 g/mol. The van der Waals surface area contributed by atoms with Crippen molar-refractivity contribution in [1.82, 2.24) is 0 Å². The summed E-state index contributed by atoms with van der Waals surface area (Å²) < 4.78 is 0. The molecule has 0 aromatic heterocycles. The first-order chi connectivity index (χ1) is 4.12. The standard InChI is InChI=1S/C8H13N/c1-4-5-6-8(2,3)7-9/h5-6H,4H2,1-3H3/b6-5+. The van der Waals surface area contributed by atoms with Crippen molar-refractivity contribution in [2.45, 2.75) is 27.2 Å². The zero-order chi connectivity index (χ0) is 7.33. The van der Waals surface area contributed by atoms with Crippen LogP contribution in [0.4, 0.5) is 0 Å². The van der Waals surface area contributed by atoms with Crippen molar-refractivity contribution >= 4 is 0 Å². The Labute approximate surface area is 57.0 Å². The molecule has 0 rings (SSSR count). The van der Waals surface area contributed by atoms with E-state index in [1.807, 2.05) is 26.0 Å². The molecule has 0 fully saturated rings. The van der Waals surface area contributed by atoms with Crippen molar-refractivity contribution in [2.24, 2.45) is 5.41 Å². The van der Waals surface area contributed by atoms with E-state index in [4.69, 9.17) is 5.26 Å². The third-order valence-corrected chi connectivity index (χ3v) is 1.06. The number of hydrogen-bond donors (Lipinski definition) is 0. The third kappa shape index (κ3) is 3.78. The Morgan fingerprint density at radius 2 is 2.11 bits per heavy atom. The summed E-state index contributed by atoms with van der Waals surface area (Å²) in [6.07, 6.45) is 4.96. The molecule has 0 unspecified atom stereocenters. The summed E-state index contributed by atoms with van der Waals surface area (Å²) in [4.78, 5) is 0. The van der Waals surface area contributed by atoms with Gasteiger partial charge in [-0.25, -0.2) is 0 Å². The van der Waals surface area contributed by atoms with Gasteiger partial charge in [0.1, 0.15) is 0 Å². The Hall–Kier alpha value is -0.770. The number of nitriles is 1. The van der Waals surface area contributed by atoms with Crippen LogP contribution in [0.25, 0.3) is 0 Å². The first-order valence-electron chi connectivity index (χ1n) is 3.21. The highest BCUT2D eigenvalue weighted by molar-refractivity contribution is 5.07. The van der Waals surface area contributed by atoms with Crippen LogP contribution < -0.4 is 0 Å². The monoisotopic (exact) mass is 123 g/mol. The van der Waals surface area contributed by atoms with Gasteiger partial charge >= 0.3 is 0 Å². The van der Waals surface area contributed by atoms with Crippen molar-refractivity contribution in [1.29, 1.82) is 5.26 Å². The molecular weight excluding hydrogens is 110 g/mol. The molecule has 0 aliphatic heterocycles. The Morgan fingerprint density at radius 1 is 1.56 bits per heavy atom. The maximum Gasteiger partial charge on any atom is 0.0725 e. The lowest BCUT2D eigenvalue weighted by molar-refractivity contribution is 0.641. The molecule has 0 bridgehead atoms. The van der Waals surface area contributed by atoms with Gasteiger partial charge in [-0.15, -0.1) is 0 Å². The van der Waals surface area contributed by atoms with E-state index in [1.54, 1.807) is 0 Å². The van der Waals surface area contributed by atoms with Crippen LogP contribution in [0.15, 0.2) is 12.2 Å². The van der Waals surface area contributed by atoms with Crippen molar-refractivity contribution < 1.29 is 0 Å². The molecule has 0 aliphatic rings. The molecule has 0 N–H and O–H groups in total. The van der Waals surface area contributed by atoms with Gasteiger partial charge in [-0.1, -0.05) is 19.1 Å². The van der Waals surface area contributed by atoms with Crippen molar-refractivity contribution in [3.63, 3.8) is 0 Å². The van der Waals surface area contributed by atoms with E-state index in [0.717, 1.165) is 6.42 Å². The van der Waals surface area contributed by atoms with Gasteiger partial charge in [0.05, 0.1) is 11.5 Å². The Kier molecular flexibility index (Phi) is 3.01. The lowest BCUT2D eigenvalue weighted by Crippen LogP contribution is -2.01. The van der Waals surface area contributed by atoms with Gasteiger partial charge in [-0.3, -0.25) is 0 Å². The lowest BCUT2D eigenvalue weighted by atomic mass is 9.95. The van der Waals surface area contributed by atoms with Gasteiger partial charge in [0, 0.05) is 0 Å². The lowest BCUT2D eigenvalue weighted by Gasteiger charge is -2.06. The molecule has 1 heteroatoms. The minimum atomic E-state index is -0.282. The number of hydrogen-bond acceptors (Lipinski definition) is 1. The van der Waals surface area contributed by atoms with Crippen LogP contribution in [-0.4, -0.2) is 0 Å². The minimum Gasteiger partial charge on any atom is -0.197 e. The zero-order valence-corrected chi connectivity index (χ0v) is 6.31. The predicted molar refractivity (Wildman–Crippen MR) is 38.8 cm³/mol. The van der Waals surface area contributed by atoms with Gasteiger partial charge in [0.2, 0.25) is 0 Å². The van der Waals surface area contributed by atoms with Crippen LogP contribution in [0.3, 0.4) is 0 Å². The summed E-state index contributed by atoms with van der Waals surface area (Å²) in [5.74, 6) is 0. The SMILES string of the molecule is CC/C=C/C(C)(C)C#N. The van der Waals surface area contributed by atoms with Crippen LogP contribution in [0.5, 0.6) is 0 Å². The second-order valence-corrected chi connectivity index (χ2v) is 2.64. The molecule has 1 nitrogen and oxygen atoms in total. The first-order valence-corrected chi connectivity index (χ1v) is 3.21. The highest BCUT2D eigenvalue weighted by Gasteiger charge is 2.09. The Balaban J connectivity index is 3.90. The highest BCUT2D eigenvalue weighted by atomic mass is 14.3. The Morgan fingerprint density at radius 3 is 2.44 bits per heavy atom. The van der Waals surface area contributed by atoms with Crippen LogP contribution >= 0.6 is 0 Å². The van der Waals surface area contributed by atoms with Gasteiger partial charge in [0.25, 0.3) is 0 Å². The van der Waals surface area contributed by atoms with E-state index >= 15 is 0 Å². The fraction of sp³-hybridized carbons (Fsp3) is 0.625.